The predicted octanol–water partition coefficient (Wildman–Crippen LogP) is 3.87. The molecule has 0 saturated carbocycles. The zero-order chi connectivity index (χ0) is 29.8. The third kappa shape index (κ3) is 6.49. The van der Waals surface area contributed by atoms with Crippen LogP contribution in [-0.2, 0) is 4.74 Å². The van der Waals surface area contributed by atoms with Gasteiger partial charge in [-0.1, -0.05) is 6.07 Å². The molecule has 10 heteroatoms. The molecule has 41 heavy (non-hydrogen) atoms. The fraction of sp³-hybridized carbons (Fsp3) is 0.290. The van der Waals surface area contributed by atoms with Crippen LogP contribution in [0.25, 0.3) is 33.4 Å². The van der Waals surface area contributed by atoms with E-state index < -0.39 is 18.0 Å². The Morgan fingerprint density at radius 1 is 0.951 bits per heavy atom. The third-order valence-corrected chi connectivity index (χ3v) is 6.53. The smallest absolute Gasteiger partial charge is 0.407 e. The molecule has 2 aromatic carbocycles. The molecule has 0 spiro atoms. The predicted molar refractivity (Wildman–Crippen MR) is 159 cm³/mol. The quantitative estimate of drug-likeness (QED) is 0.170. The van der Waals surface area contributed by atoms with E-state index in [2.05, 4.69) is 10.6 Å². The number of nitrogens with zero attached hydrogens (tertiary/aromatic N) is 2. The summed E-state index contributed by atoms with van der Waals surface area (Å²) in [6.45, 7) is 3.79. The van der Waals surface area contributed by atoms with E-state index in [4.69, 9.17) is 9.15 Å². The topological polar surface area (TPSA) is 124 Å². The highest BCUT2D eigenvalue weighted by Gasteiger charge is 2.23. The molecule has 1 heterocycles. The van der Waals surface area contributed by atoms with Crippen LogP contribution in [0.4, 0.5) is 10.5 Å². The van der Waals surface area contributed by atoms with Gasteiger partial charge in [0.25, 0.3) is 5.91 Å². The van der Waals surface area contributed by atoms with E-state index in [1.54, 1.807) is 26.0 Å². The summed E-state index contributed by atoms with van der Waals surface area (Å²) in [5, 5.41) is 17.2. The van der Waals surface area contributed by atoms with Crippen LogP contribution in [0, 0.1) is 0 Å². The number of hydrogen-bond acceptors (Lipinski definition) is 6. The summed E-state index contributed by atoms with van der Waals surface area (Å²) in [6, 6.07) is 16.2. The van der Waals surface area contributed by atoms with Gasteiger partial charge in [0.2, 0.25) is 5.36 Å². The Morgan fingerprint density at radius 2 is 1.66 bits per heavy atom. The first-order valence-corrected chi connectivity index (χ1v) is 13.2. The maximum Gasteiger partial charge on any atom is 0.407 e. The maximum absolute atomic E-state index is 12.8. The number of hydrogen-bond donors (Lipinski definition) is 3. The normalized spacial score (nSPS) is 11.0. The molecule has 0 atom stereocenters. The highest BCUT2D eigenvalue weighted by atomic mass is 16.6. The first-order valence-electron chi connectivity index (χ1n) is 13.2. The van der Waals surface area contributed by atoms with Gasteiger partial charge in [-0.25, -0.2) is 14.2 Å². The summed E-state index contributed by atoms with van der Waals surface area (Å²) in [5.41, 5.74) is 3.64. The number of carbonyl (C=O) groups is 3. The molecule has 4 rings (SSSR count). The fourth-order valence-electron chi connectivity index (χ4n) is 4.49. The second-order valence-electron chi connectivity index (χ2n) is 10.3. The molecule has 2 aliphatic rings. The van der Waals surface area contributed by atoms with Crippen molar-refractivity contribution in [3.05, 3.63) is 71.1 Å². The lowest BCUT2D eigenvalue weighted by Gasteiger charge is -2.19. The van der Waals surface area contributed by atoms with Crippen LogP contribution in [0.5, 0.6) is 0 Å². The van der Waals surface area contributed by atoms with E-state index in [1.165, 1.54) is 6.07 Å². The second-order valence-corrected chi connectivity index (χ2v) is 10.3. The lowest BCUT2D eigenvalue weighted by atomic mass is 9.89. The summed E-state index contributed by atoms with van der Waals surface area (Å²) in [4.78, 5) is 39.0. The first kappa shape index (κ1) is 29.1. The molecule has 1 aliphatic heterocycles. The van der Waals surface area contributed by atoms with E-state index in [1.807, 2.05) is 74.1 Å². The standard InChI is InChI=1S/C31H34N4O6/c1-18(2)40-31(39)33-14-13-32-29(36)19-7-10-22(25(15-19)30(37)38)28-23-11-8-20(34(3)4)16-26(23)41-27-17-21(35(5)6)9-12-24(27)28/h7-12,15-18H,13-14H2,1-6H3,(H2-,32,33,36,37,38,39)/p+1. The molecule has 3 N–H and O–H groups in total. The van der Waals surface area contributed by atoms with Crippen molar-refractivity contribution in [3.8, 4) is 22.5 Å². The van der Waals surface area contributed by atoms with Gasteiger partial charge in [-0.2, -0.15) is 0 Å². The van der Waals surface area contributed by atoms with Crippen molar-refractivity contribution in [3.63, 3.8) is 0 Å². The Kier molecular flexibility index (Phi) is 8.61. The lowest BCUT2D eigenvalue weighted by molar-refractivity contribution is 0.0697. The molecule has 1 aliphatic carbocycles. The number of rotatable bonds is 8. The van der Waals surface area contributed by atoms with Gasteiger partial charge in [0.15, 0.2) is 0 Å². The number of amides is 2. The molecule has 0 fully saturated rings. The lowest BCUT2D eigenvalue weighted by Crippen LogP contribution is -2.35. The summed E-state index contributed by atoms with van der Waals surface area (Å²) >= 11 is 0. The Labute approximate surface area is 238 Å². The van der Waals surface area contributed by atoms with Gasteiger partial charge in [-0.05, 0) is 49.7 Å². The minimum atomic E-state index is -1.16. The summed E-state index contributed by atoms with van der Waals surface area (Å²) < 4.78 is 13.3. The molecule has 0 radical (unpaired) electrons. The number of fused-ring (bicyclic) bond motifs is 2. The number of carbonyl (C=O) groups excluding carboxylic acids is 2. The number of nitrogens with one attached hydrogen (secondary N) is 2. The van der Waals surface area contributed by atoms with Crippen LogP contribution in [0.15, 0.2) is 59.0 Å². The molecular formula is C31H35N4O6+. The van der Waals surface area contributed by atoms with Gasteiger partial charge in [0.1, 0.15) is 25.4 Å². The Bertz CT molecular complexity index is 1670. The van der Waals surface area contributed by atoms with Crippen molar-refractivity contribution < 1.29 is 28.6 Å². The van der Waals surface area contributed by atoms with Crippen LogP contribution >= 0.6 is 0 Å². The SMILES string of the molecule is CC(C)OC(=O)NCCNC(=O)c1ccc(-c2c3ccc(=[N+](C)C)cc-3oc3cc(N(C)C)ccc23)c(C(=O)O)c1. The monoisotopic (exact) mass is 559 g/mol. The third-order valence-electron chi connectivity index (χ3n) is 6.53. The van der Waals surface area contributed by atoms with E-state index in [0.717, 1.165) is 22.0 Å². The van der Waals surface area contributed by atoms with Crippen LogP contribution in [0.2, 0.25) is 0 Å². The summed E-state index contributed by atoms with van der Waals surface area (Å²) in [6.07, 6.45) is -0.827. The minimum Gasteiger partial charge on any atom is -0.478 e. The number of benzene rings is 3. The van der Waals surface area contributed by atoms with Gasteiger partial charge in [-0.15, -0.1) is 0 Å². The van der Waals surface area contributed by atoms with Crippen molar-refractivity contribution in [1.29, 1.82) is 0 Å². The maximum atomic E-state index is 12.8. The molecule has 0 unspecified atom stereocenters. The van der Waals surface area contributed by atoms with E-state index >= 15 is 0 Å². The van der Waals surface area contributed by atoms with E-state index in [0.29, 0.717) is 22.5 Å². The average molecular weight is 560 g/mol. The number of alkyl carbamates (subject to hydrolysis) is 1. The van der Waals surface area contributed by atoms with Crippen LogP contribution in [-0.4, -0.2) is 70.5 Å². The van der Waals surface area contributed by atoms with Crippen molar-refractivity contribution in [2.24, 2.45) is 0 Å². The number of ether oxygens (including phenoxy) is 1. The Hall–Kier alpha value is -4.86. The molecule has 2 aromatic rings. The molecule has 214 valence electrons. The van der Waals surface area contributed by atoms with Crippen LogP contribution < -0.4 is 25.5 Å². The molecule has 10 nitrogen and oxygen atoms in total. The molecule has 2 amide bonds. The van der Waals surface area contributed by atoms with Crippen molar-refractivity contribution in [2.75, 3.05) is 46.2 Å². The Morgan fingerprint density at radius 3 is 2.32 bits per heavy atom. The first-order chi connectivity index (χ1) is 19.5. The zero-order valence-corrected chi connectivity index (χ0v) is 24.1. The van der Waals surface area contributed by atoms with Crippen LogP contribution in [0.1, 0.15) is 34.6 Å². The number of aromatic carboxylic acids is 1. The fourth-order valence-corrected chi connectivity index (χ4v) is 4.49. The highest BCUT2D eigenvalue weighted by Crippen LogP contribution is 2.42. The number of carboxylic acid groups (broad SMARTS) is 1. The summed E-state index contributed by atoms with van der Waals surface area (Å²) in [5.74, 6) is -1.01. The van der Waals surface area contributed by atoms with E-state index in [9.17, 15) is 19.5 Å². The summed E-state index contributed by atoms with van der Waals surface area (Å²) in [7, 11) is 7.75. The Balaban J connectivity index is 1.77. The highest BCUT2D eigenvalue weighted by molar-refractivity contribution is 6.09. The van der Waals surface area contributed by atoms with Crippen molar-refractivity contribution >= 4 is 34.6 Å². The van der Waals surface area contributed by atoms with Gasteiger partial charge in [0, 0.05) is 67.1 Å². The second kappa shape index (κ2) is 12.1. The van der Waals surface area contributed by atoms with Crippen molar-refractivity contribution in [1.82, 2.24) is 15.2 Å². The van der Waals surface area contributed by atoms with Crippen LogP contribution in [0.3, 0.4) is 0 Å². The molecule has 0 aromatic heterocycles. The molecular weight excluding hydrogens is 524 g/mol. The van der Waals surface area contributed by atoms with Gasteiger partial charge >= 0.3 is 12.1 Å². The van der Waals surface area contributed by atoms with Gasteiger partial charge < -0.3 is 29.8 Å². The molecule has 0 bridgehead atoms. The molecule has 0 saturated heterocycles. The average Bonchev–Trinajstić information content (AvgIpc) is 2.92. The van der Waals surface area contributed by atoms with Gasteiger partial charge in [-0.3, -0.25) is 4.79 Å². The largest absolute Gasteiger partial charge is 0.478 e. The minimum absolute atomic E-state index is 0.0153. The number of anilines is 1. The zero-order valence-electron chi connectivity index (χ0n) is 24.1. The van der Waals surface area contributed by atoms with Gasteiger partial charge in [0.05, 0.1) is 17.7 Å². The van der Waals surface area contributed by atoms with E-state index in [-0.39, 0.29) is 30.3 Å². The van der Waals surface area contributed by atoms with Crippen molar-refractivity contribution in [2.45, 2.75) is 20.0 Å². The number of carboxylic acids is 1.